The van der Waals surface area contributed by atoms with Crippen molar-refractivity contribution < 1.29 is 9.50 Å². The minimum absolute atomic E-state index is 0.231. The van der Waals surface area contributed by atoms with Crippen LogP contribution in [0.15, 0.2) is 30.3 Å². The Morgan fingerprint density at radius 2 is 2.00 bits per heavy atom. The second-order valence-corrected chi connectivity index (χ2v) is 3.71. The third-order valence-electron chi connectivity index (χ3n) is 2.54. The third kappa shape index (κ3) is 2.07. The normalized spacial score (nSPS) is 10.5. The van der Waals surface area contributed by atoms with Crippen LogP contribution in [0.25, 0.3) is 11.1 Å². The van der Waals surface area contributed by atoms with Crippen molar-refractivity contribution in [2.45, 2.75) is 6.61 Å². The summed E-state index contributed by atoms with van der Waals surface area (Å²) in [5.41, 5.74) is 13.5. The van der Waals surface area contributed by atoms with Crippen LogP contribution >= 0.6 is 0 Å². The minimum Gasteiger partial charge on any atom is -0.399 e. The molecule has 2 aromatic rings. The van der Waals surface area contributed by atoms with Crippen LogP contribution < -0.4 is 11.5 Å². The number of aliphatic hydroxyl groups excluding tert-OH is 1. The zero-order valence-electron chi connectivity index (χ0n) is 9.07. The Bertz CT molecular complexity index is 555. The van der Waals surface area contributed by atoms with Gasteiger partial charge in [0, 0.05) is 22.5 Å². The van der Waals surface area contributed by atoms with Gasteiger partial charge in [-0.25, -0.2) is 4.39 Å². The van der Waals surface area contributed by atoms with Crippen molar-refractivity contribution >= 4 is 11.4 Å². The topological polar surface area (TPSA) is 72.3 Å². The zero-order valence-corrected chi connectivity index (χ0v) is 9.07. The molecule has 0 heterocycles. The van der Waals surface area contributed by atoms with Gasteiger partial charge in [-0.3, -0.25) is 0 Å². The van der Waals surface area contributed by atoms with E-state index in [0.717, 1.165) is 0 Å². The molecule has 17 heavy (non-hydrogen) atoms. The van der Waals surface area contributed by atoms with Gasteiger partial charge in [0.2, 0.25) is 0 Å². The molecule has 4 heteroatoms. The lowest BCUT2D eigenvalue weighted by molar-refractivity contribution is 0.282. The number of nitrogens with two attached hydrogens (primary N) is 2. The molecule has 0 aliphatic rings. The number of aliphatic hydroxyl groups is 1. The monoisotopic (exact) mass is 231 g/mol. The van der Waals surface area contributed by atoms with Crippen molar-refractivity contribution in [1.29, 1.82) is 0 Å². The minimum atomic E-state index is -0.424. The van der Waals surface area contributed by atoms with E-state index in [9.17, 15) is 9.50 Å². The van der Waals surface area contributed by atoms with Gasteiger partial charge in [-0.05, 0) is 42.0 Å². The number of halogens is 1. The molecular formula is C13H12FN2O. The Hall–Kier alpha value is -2.07. The highest BCUT2D eigenvalue weighted by molar-refractivity contribution is 5.81. The van der Waals surface area contributed by atoms with Crippen molar-refractivity contribution in [1.82, 2.24) is 0 Å². The summed E-state index contributed by atoms with van der Waals surface area (Å²) in [4.78, 5) is 0. The number of hydrogen-bond acceptors (Lipinski definition) is 3. The highest BCUT2D eigenvalue weighted by Crippen LogP contribution is 2.32. The van der Waals surface area contributed by atoms with E-state index in [1.54, 1.807) is 6.07 Å². The molecule has 2 rings (SSSR count). The van der Waals surface area contributed by atoms with Gasteiger partial charge in [0.25, 0.3) is 0 Å². The molecule has 87 valence electrons. The molecule has 0 spiro atoms. The van der Waals surface area contributed by atoms with Crippen LogP contribution in [0.5, 0.6) is 0 Å². The predicted molar refractivity (Wildman–Crippen MR) is 65.4 cm³/mol. The largest absolute Gasteiger partial charge is 0.399 e. The first-order chi connectivity index (χ1) is 8.13. The molecule has 3 nitrogen and oxygen atoms in total. The van der Waals surface area contributed by atoms with Crippen LogP contribution in [-0.4, -0.2) is 5.11 Å². The SMILES string of the molecule is Nc1ccc(F)c(-c2c(N)c[c]cc2CO)c1. The second kappa shape index (κ2) is 4.43. The summed E-state index contributed by atoms with van der Waals surface area (Å²) in [5, 5.41) is 9.24. The molecular weight excluding hydrogens is 219 g/mol. The smallest absolute Gasteiger partial charge is 0.131 e. The fourth-order valence-corrected chi connectivity index (χ4v) is 1.75. The molecule has 0 fully saturated rings. The van der Waals surface area contributed by atoms with Crippen LogP contribution in [-0.2, 0) is 6.61 Å². The van der Waals surface area contributed by atoms with Crippen LogP contribution in [0.4, 0.5) is 15.8 Å². The Kier molecular flexibility index (Phi) is 2.97. The molecule has 0 bridgehead atoms. The quantitative estimate of drug-likeness (QED) is 0.692. The molecule has 0 aromatic heterocycles. The van der Waals surface area contributed by atoms with Gasteiger partial charge in [-0.2, -0.15) is 0 Å². The third-order valence-corrected chi connectivity index (χ3v) is 2.54. The number of nitrogen functional groups attached to an aromatic ring is 2. The van der Waals surface area contributed by atoms with Gasteiger partial charge in [0.1, 0.15) is 5.82 Å². The first kappa shape index (κ1) is 11.4. The van der Waals surface area contributed by atoms with E-state index < -0.39 is 5.82 Å². The van der Waals surface area contributed by atoms with Gasteiger partial charge in [0.15, 0.2) is 0 Å². The average molecular weight is 231 g/mol. The molecule has 1 radical (unpaired) electrons. The molecule has 0 aliphatic heterocycles. The summed E-state index contributed by atoms with van der Waals surface area (Å²) in [6.07, 6.45) is 0. The van der Waals surface area contributed by atoms with Crippen molar-refractivity contribution in [3.8, 4) is 11.1 Å². The number of anilines is 2. The van der Waals surface area contributed by atoms with E-state index in [2.05, 4.69) is 6.07 Å². The summed E-state index contributed by atoms with van der Waals surface area (Å²) < 4.78 is 13.7. The maximum Gasteiger partial charge on any atom is 0.131 e. The standard InChI is InChI=1S/C13H12FN2O/c14-11-5-4-9(15)6-10(11)13-8(7-17)2-1-3-12(13)16/h2-6,17H,7,15-16H2. The number of benzene rings is 2. The average Bonchev–Trinajstić information content (AvgIpc) is 2.32. The molecule has 0 amide bonds. The molecule has 0 saturated heterocycles. The highest BCUT2D eigenvalue weighted by atomic mass is 19.1. The number of hydrogen-bond donors (Lipinski definition) is 3. The first-order valence-corrected chi connectivity index (χ1v) is 5.08. The van der Waals surface area contributed by atoms with E-state index in [-0.39, 0.29) is 6.61 Å². The maximum absolute atomic E-state index is 13.7. The zero-order chi connectivity index (χ0) is 12.4. The van der Waals surface area contributed by atoms with E-state index >= 15 is 0 Å². The second-order valence-electron chi connectivity index (χ2n) is 3.71. The lowest BCUT2D eigenvalue weighted by Crippen LogP contribution is -1.99. The molecule has 0 saturated carbocycles. The van der Waals surface area contributed by atoms with E-state index in [1.165, 1.54) is 24.3 Å². The fraction of sp³-hybridized carbons (Fsp3) is 0.0769. The van der Waals surface area contributed by atoms with Crippen molar-refractivity contribution in [3.05, 3.63) is 47.8 Å². The van der Waals surface area contributed by atoms with Gasteiger partial charge in [-0.1, -0.05) is 0 Å². The predicted octanol–water partition coefficient (Wildman–Crippen LogP) is 1.95. The van der Waals surface area contributed by atoms with Crippen molar-refractivity contribution in [2.24, 2.45) is 0 Å². The van der Waals surface area contributed by atoms with E-state index in [0.29, 0.717) is 28.1 Å². The Morgan fingerprint density at radius 1 is 1.24 bits per heavy atom. The van der Waals surface area contributed by atoms with Gasteiger partial charge < -0.3 is 16.6 Å². The van der Waals surface area contributed by atoms with Crippen LogP contribution in [0, 0.1) is 11.9 Å². The lowest BCUT2D eigenvalue weighted by Gasteiger charge is -2.12. The summed E-state index contributed by atoms with van der Waals surface area (Å²) in [7, 11) is 0. The van der Waals surface area contributed by atoms with Crippen LogP contribution in [0.1, 0.15) is 5.56 Å². The summed E-state index contributed by atoms with van der Waals surface area (Å²) in [6.45, 7) is -0.231. The van der Waals surface area contributed by atoms with Crippen molar-refractivity contribution in [2.75, 3.05) is 11.5 Å². The van der Waals surface area contributed by atoms with Gasteiger partial charge in [-0.15, -0.1) is 0 Å². The molecule has 2 aromatic carbocycles. The first-order valence-electron chi connectivity index (χ1n) is 5.08. The summed E-state index contributed by atoms with van der Waals surface area (Å²) in [6, 6.07) is 10.2. The molecule has 0 unspecified atom stereocenters. The van der Waals surface area contributed by atoms with E-state index in [1.807, 2.05) is 0 Å². The molecule has 0 aliphatic carbocycles. The highest BCUT2D eigenvalue weighted by Gasteiger charge is 2.12. The van der Waals surface area contributed by atoms with Gasteiger partial charge in [0.05, 0.1) is 6.61 Å². The summed E-state index contributed by atoms with van der Waals surface area (Å²) in [5.74, 6) is -0.424. The molecule has 5 N–H and O–H groups in total. The van der Waals surface area contributed by atoms with Gasteiger partial charge >= 0.3 is 0 Å². The fourth-order valence-electron chi connectivity index (χ4n) is 1.75. The number of rotatable bonds is 2. The Morgan fingerprint density at radius 3 is 2.71 bits per heavy atom. The van der Waals surface area contributed by atoms with Crippen molar-refractivity contribution in [3.63, 3.8) is 0 Å². The summed E-state index contributed by atoms with van der Waals surface area (Å²) >= 11 is 0. The van der Waals surface area contributed by atoms with Crippen LogP contribution in [0.2, 0.25) is 0 Å². The Labute approximate surface area is 98.5 Å². The lowest BCUT2D eigenvalue weighted by atomic mass is 9.97. The maximum atomic E-state index is 13.7. The Balaban J connectivity index is 2.71. The van der Waals surface area contributed by atoms with E-state index in [4.69, 9.17) is 11.5 Å². The molecule has 0 atom stereocenters. The van der Waals surface area contributed by atoms with Crippen LogP contribution in [0.3, 0.4) is 0 Å².